The van der Waals surface area contributed by atoms with Gasteiger partial charge in [-0.2, -0.15) is 0 Å². The molecule has 0 spiro atoms. The van der Waals surface area contributed by atoms with Gasteiger partial charge in [0.1, 0.15) is 0 Å². The summed E-state index contributed by atoms with van der Waals surface area (Å²) in [6.45, 7) is 8.06. The molecule has 0 rings (SSSR count). The number of nitrogens with zero attached hydrogens (tertiary/aromatic N) is 2. The molecule has 0 heterocycles. The summed E-state index contributed by atoms with van der Waals surface area (Å²) < 4.78 is 0. The van der Waals surface area contributed by atoms with E-state index in [2.05, 4.69) is 12.2 Å². The molecular formula is C8H17N2O. The maximum atomic E-state index is 11.1. The molecule has 0 bridgehead atoms. The molecule has 3 nitrogen and oxygen atoms in total. The largest absolute Gasteiger partial charge is 0.338 e. The lowest BCUT2D eigenvalue weighted by atomic mass is 10.4. The summed E-state index contributed by atoms with van der Waals surface area (Å²) in [5.74, 6) is 0. The zero-order chi connectivity index (χ0) is 8.69. The van der Waals surface area contributed by atoms with E-state index >= 15 is 0 Å². The van der Waals surface area contributed by atoms with Crippen LogP contribution < -0.4 is 5.32 Å². The molecule has 0 aliphatic heterocycles. The normalized spacial score (nSPS) is 9.36. The van der Waals surface area contributed by atoms with Crippen molar-refractivity contribution < 1.29 is 4.79 Å². The Labute approximate surface area is 68.8 Å². The third-order valence-corrected chi connectivity index (χ3v) is 1.44. The van der Waals surface area contributed by atoms with E-state index < -0.39 is 0 Å². The van der Waals surface area contributed by atoms with Crippen molar-refractivity contribution in [1.29, 1.82) is 0 Å². The molecule has 65 valence electrons. The second-order valence-electron chi connectivity index (χ2n) is 2.34. The Hall–Kier alpha value is -0.730. The number of carbonyl (C=O) groups is 1. The van der Waals surface area contributed by atoms with E-state index in [1.807, 2.05) is 13.8 Å². The Morgan fingerprint density at radius 1 is 1.36 bits per heavy atom. The van der Waals surface area contributed by atoms with Crippen LogP contribution in [-0.2, 0) is 0 Å². The first-order chi connectivity index (χ1) is 5.26. The van der Waals surface area contributed by atoms with Gasteiger partial charge in [-0.1, -0.05) is 6.92 Å². The Morgan fingerprint density at radius 3 is 2.36 bits per heavy atom. The third-order valence-electron chi connectivity index (χ3n) is 1.44. The fourth-order valence-corrected chi connectivity index (χ4v) is 0.894. The Kier molecular flexibility index (Phi) is 5.61. The maximum absolute atomic E-state index is 11.1. The zero-order valence-electron chi connectivity index (χ0n) is 7.63. The minimum Gasteiger partial charge on any atom is -0.324 e. The first kappa shape index (κ1) is 10.3. The number of carbonyl (C=O) groups excluding carboxylic acids is 1. The predicted molar refractivity (Wildman–Crippen MR) is 45.6 cm³/mol. The van der Waals surface area contributed by atoms with Gasteiger partial charge >= 0.3 is 6.03 Å². The smallest absolute Gasteiger partial charge is 0.324 e. The molecule has 0 saturated carbocycles. The predicted octanol–water partition coefficient (Wildman–Crippen LogP) is 1.46. The Balaban J connectivity index is 3.71. The molecule has 0 N–H and O–H groups in total. The zero-order valence-corrected chi connectivity index (χ0v) is 7.63. The lowest BCUT2D eigenvalue weighted by molar-refractivity contribution is 0.200. The Bertz CT molecular complexity index is 115. The molecule has 0 aromatic heterocycles. The van der Waals surface area contributed by atoms with Crippen LogP contribution in [0.5, 0.6) is 0 Å². The summed E-state index contributed by atoms with van der Waals surface area (Å²) in [6.07, 6.45) is 0.999. The van der Waals surface area contributed by atoms with Gasteiger partial charge in [-0.15, -0.1) is 0 Å². The van der Waals surface area contributed by atoms with Crippen LogP contribution in [0.3, 0.4) is 0 Å². The maximum Gasteiger partial charge on any atom is 0.338 e. The molecule has 0 aromatic rings. The second-order valence-corrected chi connectivity index (χ2v) is 2.34. The van der Waals surface area contributed by atoms with Crippen LogP contribution in [0, 0.1) is 0 Å². The van der Waals surface area contributed by atoms with Crippen molar-refractivity contribution in [3.05, 3.63) is 0 Å². The molecule has 0 aromatic carbocycles. The van der Waals surface area contributed by atoms with E-state index in [0.29, 0.717) is 6.54 Å². The van der Waals surface area contributed by atoms with Gasteiger partial charge < -0.3 is 4.90 Å². The van der Waals surface area contributed by atoms with Crippen molar-refractivity contribution in [3.8, 4) is 0 Å². The van der Waals surface area contributed by atoms with Crippen molar-refractivity contribution >= 4 is 6.03 Å². The van der Waals surface area contributed by atoms with E-state index in [9.17, 15) is 4.79 Å². The lowest BCUT2D eigenvalue weighted by Crippen LogP contribution is -2.36. The molecule has 0 saturated heterocycles. The van der Waals surface area contributed by atoms with Crippen molar-refractivity contribution in [1.82, 2.24) is 10.2 Å². The number of amides is 2. The van der Waals surface area contributed by atoms with Crippen LogP contribution in [0.1, 0.15) is 27.2 Å². The average Bonchev–Trinajstić information content (AvgIpc) is 2.00. The third kappa shape index (κ3) is 3.86. The minimum absolute atomic E-state index is 0.0724. The van der Waals surface area contributed by atoms with Gasteiger partial charge in [0, 0.05) is 19.6 Å². The quantitative estimate of drug-likeness (QED) is 0.608. The van der Waals surface area contributed by atoms with Gasteiger partial charge in [-0.05, 0) is 20.3 Å². The Morgan fingerprint density at radius 2 is 2.00 bits per heavy atom. The summed E-state index contributed by atoms with van der Waals surface area (Å²) >= 11 is 0. The van der Waals surface area contributed by atoms with Crippen LogP contribution in [-0.4, -0.2) is 30.6 Å². The SMILES string of the molecule is CCCN(CC)C(=O)[N]CC. The molecule has 0 unspecified atom stereocenters. The van der Waals surface area contributed by atoms with E-state index in [0.717, 1.165) is 19.5 Å². The molecule has 0 atom stereocenters. The number of rotatable bonds is 4. The summed E-state index contributed by atoms with van der Waals surface area (Å²) in [6, 6.07) is -0.0724. The highest BCUT2D eigenvalue weighted by Gasteiger charge is 2.08. The van der Waals surface area contributed by atoms with E-state index in [4.69, 9.17) is 0 Å². The van der Waals surface area contributed by atoms with Gasteiger partial charge in [0.15, 0.2) is 0 Å². The monoisotopic (exact) mass is 157 g/mol. The standard InChI is InChI=1S/C8H17N2O/c1-4-7-10(6-3)8(11)9-5-2/h4-7H2,1-3H3. The minimum atomic E-state index is -0.0724. The second kappa shape index (κ2) is 6.01. The van der Waals surface area contributed by atoms with Gasteiger partial charge in [0.2, 0.25) is 0 Å². The molecule has 1 radical (unpaired) electrons. The highest BCUT2D eigenvalue weighted by atomic mass is 16.2. The topological polar surface area (TPSA) is 34.4 Å². The molecule has 0 aliphatic rings. The molecule has 0 fully saturated rings. The summed E-state index contributed by atoms with van der Waals surface area (Å²) in [5, 5.41) is 3.80. The molecule has 0 aliphatic carbocycles. The number of hydrogen-bond acceptors (Lipinski definition) is 1. The van der Waals surface area contributed by atoms with E-state index in [1.165, 1.54) is 0 Å². The van der Waals surface area contributed by atoms with Crippen LogP contribution >= 0.6 is 0 Å². The van der Waals surface area contributed by atoms with Gasteiger partial charge in [-0.3, -0.25) is 0 Å². The first-order valence-corrected chi connectivity index (χ1v) is 4.22. The molecule has 2 amide bonds. The average molecular weight is 157 g/mol. The van der Waals surface area contributed by atoms with Gasteiger partial charge in [0.05, 0.1) is 0 Å². The highest BCUT2D eigenvalue weighted by Crippen LogP contribution is 1.91. The summed E-state index contributed by atoms with van der Waals surface area (Å²) in [7, 11) is 0. The molecule has 3 heteroatoms. The molecule has 11 heavy (non-hydrogen) atoms. The highest BCUT2D eigenvalue weighted by molar-refractivity contribution is 5.73. The van der Waals surface area contributed by atoms with Crippen molar-refractivity contribution in [2.45, 2.75) is 27.2 Å². The summed E-state index contributed by atoms with van der Waals surface area (Å²) in [5.41, 5.74) is 0. The van der Waals surface area contributed by atoms with E-state index in [1.54, 1.807) is 4.90 Å². The van der Waals surface area contributed by atoms with Crippen molar-refractivity contribution in [2.75, 3.05) is 19.6 Å². The molecular weight excluding hydrogens is 140 g/mol. The van der Waals surface area contributed by atoms with Gasteiger partial charge in [0.25, 0.3) is 0 Å². The van der Waals surface area contributed by atoms with Crippen molar-refractivity contribution in [2.24, 2.45) is 0 Å². The van der Waals surface area contributed by atoms with Gasteiger partial charge in [-0.25, -0.2) is 10.1 Å². The van der Waals surface area contributed by atoms with Crippen LogP contribution in [0.15, 0.2) is 0 Å². The van der Waals surface area contributed by atoms with E-state index in [-0.39, 0.29) is 6.03 Å². The van der Waals surface area contributed by atoms with Crippen LogP contribution in [0.4, 0.5) is 4.79 Å². The first-order valence-electron chi connectivity index (χ1n) is 4.22. The lowest BCUT2D eigenvalue weighted by Gasteiger charge is -2.18. The van der Waals surface area contributed by atoms with Crippen molar-refractivity contribution in [3.63, 3.8) is 0 Å². The summed E-state index contributed by atoms with van der Waals surface area (Å²) in [4.78, 5) is 12.9. The fourth-order valence-electron chi connectivity index (χ4n) is 0.894. The van der Waals surface area contributed by atoms with Crippen LogP contribution in [0.2, 0.25) is 0 Å². The van der Waals surface area contributed by atoms with Crippen LogP contribution in [0.25, 0.3) is 0 Å². The fraction of sp³-hybridized carbons (Fsp3) is 0.875. The number of urea groups is 1. The number of hydrogen-bond donors (Lipinski definition) is 0.